The summed E-state index contributed by atoms with van der Waals surface area (Å²) in [5.74, 6) is 1.83. The maximum atomic E-state index is 13.1. The van der Waals surface area contributed by atoms with E-state index < -0.39 is 0 Å². The van der Waals surface area contributed by atoms with Crippen LogP contribution in [0.3, 0.4) is 0 Å². The molecule has 1 amide bonds. The highest BCUT2D eigenvalue weighted by atomic mass is 79.9. The average Bonchev–Trinajstić information content (AvgIpc) is 2.95. The van der Waals surface area contributed by atoms with E-state index in [1.54, 1.807) is 19.1 Å². The summed E-state index contributed by atoms with van der Waals surface area (Å²) in [6.45, 7) is 10.3. The van der Waals surface area contributed by atoms with Crippen molar-refractivity contribution in [3.63, 3.8) is 0 Å². The lowest BCUT2D eigenvalue weighted by molar-refractivity contribution is -0.126. The molecule has 2 atom stereocenters. The molecule has 0 saturated heterocycles. The summed E-state index contributed by atoms with van der Waals surface area (Å²) in [7, 11) is 3.40. The maximum absolute atomic E-state index is 13.1. The Balaban J connectivity index is 1.96. The maximum Gasteiger partial charge on any atom is 0.270 e. The zero-order valence-corrected chi connectivity index (χ0v) is 19.0. The fraction of sp³-hybridized carbons (Fsp3) is 0.600. The Bertz CT molecular complexity index is 803. The number of halogens is 1. The Labute approximate surface area is 174 Å². The molecule has 0 aliphatic carbocycles. The molecule has 2 unspecified atom stereocenters. The van der Waals surface area contributed by atoms with Crippen molar-refractivity contribution in [2.75, 3.05) is 25.7 Å². The van der Waals surface area contributed by atoms with Gasteiger partial charge in [-0.2, -0.15) is 0 Å². The van der Waals surface area contributed by atoms with E-state index in [0.717, 1.165) is 5.69 Å². The fourth-order valence-corrected chi connectivity index (χ4v) is 3.91. The molecule has 154 valence electrons. The molecule has 0 fully saturated rings. The summed E-state index contributed by atoms with van der Waals surface area (Å²) < 4.78 is 17.3. The molecule has 28 heavy (non-hydrogen) atoms. The minimum absolute atomic E-state index is 0.000532. The molecule has 1 aromatic rings. The van der Waals surface area contributed by atoms with Crippen molar-refractivity contribution in [2.24, 2.45) is 4.99 Å². The van der Waals surface area contributed by atoms with E-state index in [0.29, 0.717) is 29.6 Å². The Morgan fingerprint density at radius 2 is 2.04 bits per heavy atom. The first-order chi connectivity index (χ1) is 13.0. The van der Waals surface area contributed by atoms with E-state index in [-0.39, 0.29) is 28.7 Å². The van der Waals surface area contributed by atoms with Crippen LogP contribution in [-0.4, -0.2) is 60.0 Å². The summed E-state index contributed by atoms with van der Waals surface area (Å²) in [6, 6.07) is 3.45. The summed E-state index contributed by atoms with van der Waals surface area (Å²) in [5, 5.41) is -0.354. The van der Waals surface area contributed by atoms with E-state index >= 15 is 0 Å². The molecule has 1 aromatic carbocycles. The van der Waals surface area contributed by atoms with E-state index in [2.05, 4.69) is 25.8 Å². The highest BCUT2D eigenvalue weighted by molar-refractivity contribution is 9.09. The SMILES string of the molecule is COc1cc2c(cc1OC(C)C)N1C(Br)N=C(C(=O)N(C)C(C)(C)C)C1CO2. The van der Waals surface area contributed by atoms with Crippen molar-refractivity contribution in [3.05, 3.63) is 12.1 Å². The summed E-state index contributed by atoms with van der Waals surface area (Å²) in [5.41, 5.74) is 1.01. The fourth-order valence-electron chi connectivity index (χ4n) is 3.18. The van der Waals surface area contributed by atoms with Gasteiger partial charge in [0.2, 0.25) is 0 Å². The molecular weight excluding hydrogens is 426 g/mol. The molecule has 7 nitrogen and oxygen atoms in total. The van der Waals surface area contributed by atoms with Gasteiger partial charge in [-0.25, -0.2) is 4.99 Å². The lowest BCUT2D eigenvalue weighted by atomic mass is 10.0. The smallest absolute Gasteiger partial charge is 0.270 e. The molecule has 2 aliphatic rings. The van der Waals surface area contributed by atoms with Gasteiger partial charge in [0.25, 0.3) is 5.91 Å². The Kier molecular flexibility index (Phi) is 5.53. The van der Waals surface area contributed by atoms with E-state index in [9.17, 15) is 4.79 Å². The quantitative estimate of drug-likeness (QED) is 0.515. The van der Waals surface area contributed by atoms with Crippen molar-refractivity contribution >= 4 is 33.2 Å². The minimum Gasteiger partial charge on any atom is -0.493 e. The third-order valence-electron chi connectivity index (χ3n) is 4.94. The number of aliphatic imine (C=N–C) groups is 1. The molecule has 0 bridgehead atoms. The number of hydrogen-bond acceptors (Lipinski definition) is 6. The van der Waals surface area contributed by atoms with Gasteiger partial charge >= 0.3 is 0 Å². The van der Waals surface area contributed by atoms with Gasteiger partial charge < -0.3 is 24.0 Å². The Morgan fingerprint density at radius 1 is 1.36 bits per heavy atom. The molecule has 3 rings (SSSR count). The van der Waals surface area contributed by atoms with Crippen LogP contribution < -0.4 is 19.1 Å². The molecule has 0 aromatic heterocycles. The van der Waals surface area contributed by atoms with Crippen LogP contribution in [0.5, 0.6) is 17.2 Å². The number of amides is 1. The zero-order valence-electron chi connectivity index (χ0n) is 17.4. The largest absolute Gasteiger partial charge is 0.493 e. The van der Waals surface area contributed by atoms with Crippen LogP contribution in [0.25, 0.3) is 0 Å². The molecule has 0 saturated carbocycles. The Morgan fingerprint density at radius 3 is 2.61 bits per heavy atom. The topological polar surface area (TPSA) is 63.6 Å². The van der Waals surface area contributed by atoms with Crippen LogP contribution >= 0.6 is 15.9 Å². The zero-order chi connectivity index (χ0) is 20.8. The van der Waals surface area contributed by atoms with Crippen LogP contribution in [0, 0.1) is 0 Å². The number of alkyl halides is 1. The number of carbonyl (C=O) groups is 1. The number of carbonyl (C=O) groups excluding carboxylic acids is 1. The van der Waals surface area contributed by atoms with E-state index in [1.165, 1.54) is 0 Å². The van der Waals surface area contributed by atoms with Gasteiger partial charge in [0.05, 0.1) is 18.9 Å². The number of rotatable bonds is 4. The molecule has 0 N–H and O–H groups in total. The van der Waals surface area contributed by atoms with Crippen LogP contribution in [0.4, 0.5) is 5.69 Å². The second kappa shape index (κ2) is 7.46. The lowest BCUT2D eigenvalue weighted by Crippen LogP contribution is -2.53. The number of ether oxygens (including phenoxy) is 3. The van der Waals surface area contributed by atoms with Gasteiger partial charge in [-0.05, 0) is 50.5 Å². The standard InChI is InChI=1S/C20H28BrN3O4/c1-11(2)28-16-8-12-14(9-15(16)26-7)27-10-13-17(22-19(21)24(12)13)18(25)23(6)20(3,4)5/h8-9,11,13,19H,10H2,1-7H3. The van der Waals surface area contributed by atoms with Crippen molar-refractivity contribution in [1.29, 1.82) is 0 Å². The van der Waals surface area contributed by atoms with Gasteiger partial charge in [0.1, 0.15) is 24.1 Å². The number of fused-ring (bicyclic) bond motifs is 3. The van der Waals surface area contributed by atoms with Gasteiger partial charge in [-0.3, -0.25) is 4.79 Å². The predicted molar refractivity (Wildman–Crippen MR) is 113 cm³/mol. The first-order valence-electron chi connectivity index (χ1n) is 9.34. The number of methoxy groups -OCH3 is 1. The van der Waals surface area contributed by atoms with E-state index in [1.807, 2.05) is 46.8 Å². The third-order valence-corrected chi connectivity index (χ3v) is 5.59. The first kappa shape index (κ1) is 20.8. The van der Waals surface area contributed by atoms with Crippen LogP contribution in [-0.2, 0) is 4.79 Å². The van der Waals surface area contributed by atoms with Crippen LogP contribution in [0.15, 0.2) is 17.1 Å². The molecule has 2 aliphatic heterocycles. The van der Waals surface area contributed by atoms with Crippen molar-refractivity contribution in [2.45, 2.75) is 57.4 Å². The van der Waals surface area contributed by atoms with Crippen LogP contribution in [0.2, 0.25) is 0 Å². The van der Waals surface area contributed by atoms with Crippen LogP contribution in [0.1, 0.15) is 34.6 Å². The van der Waals surface area contributed by atoms with Gasteiger partial charge in [-0.1, -0.05) is 0 Å². The number of nitrogens with zero attached hydrogens (tertiary/aromatic N) is 3. The van der Waals surface area contributed by atoms with E-state index in [4.69, 9.17) is 14.2 Å². The Hall–Kier alpha value is -1.96. The lowest BCUT2D eigenvalue weighted by Gasteiger charge is -2.37. The minimum atomic E-state index is -0.354. The molecular formula is C20H28BrN3O4. The number of hydrogen-bond donors (Lipinski definition) is 0. The first-order valence-corrected chi connectivity index (χ1v) is 10.3. The number of benzene rings is 1. The predicted octanol–water partition coefficient (Wildman–Crippen LogP) is 3.44. The molecule has 8 heteroatoms. The average molecular weight is 454 g/mol. The highest BCUT2D eigenvalue weighted by Crippen LogP contribution is 2.46. The monoisotopic (exact) mass is 453 g/mol. The second-order valence-electron chi connectivity index (χ2n) is 8.23. The van der Waals surface area contributed by atoms with Crippen molar-refractivity contribution in [1.82, 2.24) is 4.90 Å². The summed E-state index contributed by atoms with van der Waals surface area (Å²) in [6.07, 6.45) is -0.000532. The molecule has 0 radical (unpaired) electrons. The molecule has 0 spiro atoms. The molecule has 2 heterocycles. The van der Waals surface area contributed by atoms with Crippen molar-refractivity contribution < 1.29 is 19.0 Å². The number of anilines is 1. The highest BCUT2D eigenvalue weighted by Gasteiger charge is 2.45. The van der Waals surface area contributed by atoms with Gasteiger partial charge in [0.15, 0.2) is 16.6 Å². The second-order valence-corrected chi connectivity index (χ2v) is 9.05. The third kappa shape index (κ3) is 3.66. The summed E-state index contributed by atoms with van der Waals surface area (Å²) >= 11 is 3.61. The van der Waals surface area contributed by atoms with Gasteiger partial charge in [-0.15, -0.1) is 0 Å². The van der Waals surface area contributed by atoms with Gasteiger partial charge in [0, 0.05) is 24.7 Å². The summed E-state index contributed by atoms with van der Waals surface area (Å²) in [4.78, 5) is 21.4. The van der Waals surface area contributed by atoms with Crippen molar-refractivity contribution in [3.8, 4) is 17.2 Å². The normalized spacial score (nSPS) is 20.9.